The second-order valence-corrected chi connectivity index (χ2v) is 6.05. The maximum Gasteiger partial charge on any atom is 0.416 e. The van der Waals surface area contributed by atoms with Crippen molar-refractivity contribution < 1.29 is 18.0 Å². The van der Waals surface area contributed by atoms with Crippen LogP contribution in [0.5, 0.6) is 0 Å². The minimum Gasteiger partial charge on any atom is -0.264 e. The van der Waals surface area contributed by atoms with Crippen LogP contribution in [0.3, 0.4) is 0 Å². The van der Waals surface area contributed by atoms with Crippen molar-refractivity contribution in [2.75, 3.05) is 4.90 Å². The van der Waals surface area contributed by atoms with Gasteiger partial charge in [0.15, 0.2) is 5.13 Å². The summed E-state index contributed by atoms with van der Waals surface area (Å²) in [4.78, 5) is 21.0. The lowest BCUT2D eigenvalue weighted by molar-refractivity contribution is -0.137. The normalized spacial score (nSPS) is 11.4. The predicted octanol–water partition coefficient (Wildman–Crippen LogP) is 5.72. The maximum absolute atomic E-state index is 12.9. The highest BCUT2D eigenvalue weighted by Crippen LogP contribution is 2.36. The second-order valence-electron chi connectivity index (χ2n) is 4.89. The molecule has 0 aliphatic heterocycles. The number of amides is 1. The number of hydrogen-bond acceptors (Lipinski definition) is 4. The molecule has 0 fully saturated rings. The van der Waals surface area contributed by atoms with E-state index in [0.29, 0.717) is 5.69 Å². The fourth-order valence-corrected chi connectivity index (χ4v) is 3.20. The fraction of sp³-hybridized carbons (Fsp3) is 0.0625. The molecule has 0 atom stereocenters. The van der Waals surface area contributed by atoms with E-state index < -0.39 is 17.1 Å². The van der Waals surface area contributed by atoms with Gasteiger partial charge in [-0.05, 0) is 41.9 Å². The summed E-state index contributed by atoms with van der Waals surface area (Å²) >= 11 is 6.68. The summed E-state index contributed by atoms with van der Waals surface area (Å²) < 4.78 is 38.7. The van der Waals surface area contributed by atoms with Gasteiger partial charge < -0.3 is 0 Å². The van der Waals surface area contributed by atoms with Crippen molar-refractivity contribution in [2.45, 2.75) is 6.18 Å². The first-order chi connectivity index (χ1) is 11.9. The predicted molar refractivity (Wildman–Crippen MR) is 90.2 cm³/mol. The van der Waals surface area contributed by atoms with Gasteiger partial charge >= 0.3 is 11.5 Å². The lowest BCUT2D eigenvalue weighted by Gasteiger charge is -2.18. The summed E-state index contributed by atoms with van der Waals surface area (Å²) in [6.07, 6.45) is -1.33. The Morgan fingerprint density at radius 3 is 2.64 bits per heavy atom. The first-order valence-corrected chi connectivity index (χ1v) is 8.15. The highest BCUT2D eigenvalue weighted by molar-refractivity contribution is 7.14. The molecule has 128 valence electrons. The zero-order valence-electron chi connectivity index (χ0n) is 12.4. The van der Waals surface area contributed by atoms with Gasteiger partial charge in [-0.1, -0.05) is 6.07 Å². The van der Waals surface area contributed by atoms with Gasteiger partial charge in [-0.2, -0.15) is 13.2 Å². The van der Waals surface area contributed by atoms with E-state index in [1.165, 1.54) is 12.1 Å². The Labute approximate surface area is 149 Å². The van der Waals surface area contributed by atoms with E-state index >= 15 is 0 Å². The van der Waals surface area contributed by atoms with Crippen LogP contribution in [-0.2, 0) is 6.18 Å². The van der Waals surface area contributed by atoms with Gasteiger partial charge in [-0.3, -0.25) is 9.78 Å². The Morgan fingerprint density at radius 1 is 1.20 bits per heavy atom. The van der Waals surface area contributed by atoms with Crippen LogP contribution >= 0.6 is 22.9 Å². The van der Waals surface area contributed by atoms with Crippen LogP contribution in [0.1, 0.15) is 5.56 Å². The van der Waals surface area contributed by atoms with Crippen LogP contribution in [0, 0.1) is 0 Å². The van der Waals surface area contributed by atoms with Gasteiger partial charge in [0, 0.05) is 23.3 Å². The smallest absolute Gasteiger partial charge is 0.264 e. The zero-order valence-corrected chi connectivity index (χ0v) is 13.9. The molecule has 0 unspecified atom stereocenters. The van der Waals surface area contributed by atoms with E-state index in [-0.39, 0.29) is 10.8 Å². The molecule has 4 nitrogen and oxygen atoms in total. The third-order valence-corrected chi connectivity index (χ3v) is 4.24. The topological polar surface area (TPSA) is 46.1 Å². The van der Waals surface area contributed by atoms with Crippen LogP contribution in [0.4, 0.5) is 28.8 Å². The van der Waals surface area contributed by atoms with E-state index in [1.807, 2.05) is 0 Å². The number of halogens is 4. The maximum atomic E-state index is 12.9. The molecule has 0 spiro atoms. The third-order valence-electron chi connectivity index (χ3n) is 3.25. The average molecular weight is 384 g/mol. The molecule has 1 amide bonds. The molecule has 2 heterocycles. The lowest BCUT2D eigenvalue weighted by Crippen LogP contribution is -2.20. The molecule has 0 aliphatic rings. The molecular formula is C16H9ClF3N3OS. The molecule has 3 aromatic rings. The highest BCUT2D eigenvalue weighted by atomic mass is 35.5. The standard InChI is InChI=1S/C16H9ClF3N3OS/c17-14(24)23(12-5-1-4-11(7-12)16(18,19)20)15-22-13(9-25-15)10-3-2-6-21-8-10/h1-9H. The molecule has 3 rings (SSSR count). The first kappa shape index (κ1) is 17.4. The number of aromatic nitrogens is 2. The number of rotatable bonds is 3. The van der Waals surface area contributed by atoms with Gasteiger partial charge in [0.05, 0.1) is 16.9 Å². The summed E-state index contributed by atoms with van der Waals surface area (Å²) in [7, 11) is 0. The summed E-state index contributed by atoms with van der Waals surface area (Å²) in [6, 6.07) is 7.85. The number of nitrogens with zero attached hydrogens (tertiary/aromatic N) is 3. The number of thiazole rings is 1. The summed E-state index contributed by atoms with van der Waals surface area (Å²) in [5.41, 5.74) is 0.373. The lowest BCUT2D eigenvalue weighted by atomic mass is 10.2. The SMILES string of the molecule is O=C(Cl)N(c1cccc(C(F)(F)F)c1)c1nc(-c2cccnc2)cs1. The third kappa shape index (κ3) is 3.80. The van der Waals surface area contributed by atoms with Crippen molar-refractivity contribution in [1.29, 1.82) is 0 Å². The quantitative estimate of drug-likeness (QED) is 0.429. The Kier molecular flexibility index (Phi) is 4.73. The van der Waals surface area contributed by atoms with E-state index in [4.69, 9.17) is 11.6 Å². The first-order valence-electron chi connectivity index (χ1n) is 6.89. The molecule has 0 saturated carbocycles. The van der Waals surface area contributed by atoms with Crippen molar-refractivity contribution in [3.8, 4) is 11.3 Å². The number of carbonyl (C=O) groups is 1. The Balaban J connectivity index is 2.01. The van der Waals surface area contributed by atoms with Gasteiger partial charge in [-0.25, -0.2) is 9.88 Å². The molecular weight excluding hydrogens is 375 g/mol. The molecule has 0 bridgehead atoms. The minimum atomic E-state index is -4.53. The number of anilines is 2. The Bertz CT molecular complexity index is 899. The number of alkyl halides is 3. The van der Waals surface area contributed by atoms with Crippen LogP contribution in [0.25, 0.3) is 11.3 Å². The molecule has 0 aliphatic carbocycles. The molecule has 2 aromatic heterocycles. The Morgan fingerprint density at radius 2 is 2.00 bits per heavy atom. The number of hydrogen-bond donors (Lipinski definition) is 0. The van der Waals surface area contributed by atoms with Crippen LogP contribution in [0.15, 0.2) is 54.2 Å². The van der Waals surface area contributed by atoms with Gasteiger partial charge in [0.1, 0.15) is 0 Å². The van der Waals surface area contributed by atoms with Crippen LogP contribution in [0.2, 0.25) is 0 Å². The van der Waals surface area contributed by atoms with Crippen molar-refractivity contribution >= 4 is 39.1 Å². The van der Waals surface area contributed by atoms with Crippen molar-refractivity contribution in [2.24, 2.45) is 0 Å². The summed E-state index contributed by atoms with van der Waals surface area (Å²) in [5.74, 6) is 0. The highest BCUT2D eigenvalue weighted by Gasteiger charge is 2.31. The number of benzene rings is 1. The van der Waals surface area contributed by atoms with E-state index in [2.05, 4.69) is 9.97 Å². The van der Waals surface area contributed by atoms with Crippen LogP contribution < -0.4 is 4.90 Å². The monoisotopic (exact) mass is 383 g/mol. The summed E-state index contributed by atoms with van der Waals surface area (Å²) in [5, 5.41) is 0.886. The van der Waals surface area contributed by atoms with Gasteiger partial charge in [0.25, 0.3) is 0 Å². The Hall–Kier alpha value is -2.45. The largest absolute Gasteiger partial charge is 0.416 e. The summed E-state index contributed by atoms with van der Waals surface area (Å²) in [6.45, 7) is 0. The van der Waals surface area contributed by atoms with Crippen molar-refractivity contribution in [1.82, 2.24) is 9.97 Å². The number of pyridine rings is 1. The van der Waals surface area contributed by atoms with E-state index in [9.17, 15) is 18.0 Å². The molecule has 0 N–H and O–H groups in total. The fourth-order valence-electron chi connectivity index (χ4n) is 2.12. The zero-order chi connectivity index (χ0) is 18.0. The van der Waals surface area contributed by atoms with E-state index in [1.54, 1.807) is 29.9 Å². The minimum absolute atomic E-state index is 0.0121. The molecule has 1 aromatic carbocycles. The van der Waals surface area contributed by atoms with Crippen LogP contribution in [-0.4, -0.2) is 15.3 Å². The molecule has 0 radical (unpaired) electrons. The van der Waals surface area contributed by atoms with Gasteiger partial charge in [-0.15, -0.1) is 11.3 Å². The average Bonchev–Trinajstić information content (AvgIpc) is 3.04. The van der Waals surface area contributed by atoms with Crippen molar-refractivity contribution in [3.05, 3.63) is 59.7 Å². The molecule has 9 heteroatoms. The molecule has 25 heavy (non-hydrogen) atoms. The molecule has 0 saturated heterocycles. The van der Waals surface area contributed by atoms with Crippen molar-refractivity contribution in [3.63, 3.8) is 0 Å². The number of carbonyl (C=O) groups excluding carboxylic acids is 1. The van der Waals surface area contributed by atoms with Gasteiger partial charge in [0.2, 0.25) is 0 Å². The van der Waals surface area contributed by atoms with E-state index in [0.717, 1.165) is 33.9 Å². The second kappa shape index (κ2) is 6.81.